The van der Waals surface area contributed by atoms with Crippen LogP contribution in [0.25, 0.3) is 10.9 Å². The van der Waals surface area contributed by atoms with Crippen molar-refractivity contribution in [2.45, 2.75) is 32.5 Å². The first-order chi connectivity index (χ1) is 12.2. The second-order valence-electron chi connectivity index (χ2n) is 6.48. The Morgan fingerprint density at radius 2 is 2.19 bits per heavy atom. The Bertz CT molecular complexity index is 860. The third-order valence-electron chi connectivity index (χ3n) is 4.62. The minimum absolute atomic E-state index is 0.179. The number of hydrogen-bond donors (Lipinski definition) is 1. The van der Waals surface area contributed by atoms with Gasteiger partial charge in [-0.2, -0.15) is 18.3 Å². The zero-order chi connectivity index (χ0) is 19.1. The average Bonchev–Trinajstić information content (AvgIpc) is 3.00. The summed E-state index contributed by atoms with van der Waals surface area (Å²) < 4.78 is 43.6. The van der Waals surface area contributed by atoms with Gasteiger partial charge in [0.05, 0.1) is 31.2 Å². The number of nitrogens with zero attached hydrogens (tertiary/aromatic N) is 2. The van der Waals surface area contributed by atoms with Crippen molar-refractivity contribution in [3.8, 4) is 0 Å². The molecule has 0 radical (unpaired) electrons. The first-order valence-corrected chi connectivity index (χ1v) is 8.06. The van der Waals surface area contributed by atoms with Gasteiger partial charge in [-0.1, -0.05) is 6.07 Å². The number of halogens is 3. The van der Waals surface area contributed by atoms with E-state index < -0.39 is 30.5 Å². The molecule has 0 bridgehead atoms. The highest BCUT2D eigenvalue weighted by Gasteiger charge is 2.38. The van der Waals surface area contributed by atoms with E-state index in [2.05, 4.69) is 14.9 Å². The number of ether oxygens (including phenoxy) is 1. The van der Waals surface area contributed by atoms with Gasteiger partial charge >= 0.3 is 12.1 Å². The number of fused-ring (bicyclic) bond motifs is 3. The fourth-order valence-electron chi connectivity index (χ4n) is 3.45. The van der Waals surface area contributed by atoms with E-state index in [9.17, 15) is 22.8 Å². The fourth-order valence-corrected chi connectivity index (χ4v) is 3.45. The molecule has 0 saturated carbocycles. The molecular formula is C17H18F3N3O3. The van der Waals surface area contributed by atoms with Crippen molar-refractivity contribution in [3.05, 3.63) is 29.0 Å². The van der Waals surface area contributed by atoms with Crippen molar-refractivity contribution in [3.63, 3.8) is 0 Å². The molecule has 2 heterocycles. The van der Waals surface area contributed by atoms with E-state index in [1.807, 2.05) is 13.0 Å². The van der Waals surface area contributed by atoms with Gasteiger partial charge in [-0.25, -0.2) is 0 Å². The van der Waals surface area contributed by atoms with Gasteiger partial charge in [-0.05, 0) is 30.0 Å². The number of alkyl halides is 3. The van der Waals surface area contributed by atoms with Crippen LogP contribution in [-0.2, 0) is 27.3 Å². The Morgan fingerprint density at radius 1 is 1.46 bits per heavy atom. The summed E-state index contributed by atoms with van der Waals surface area (Å²) in [5.74, 6) is -2.21. The van der Waals surface area contributed by atoms with Crippen LogP contribution in [0.3, 0.4) is 0 Å². The molecule has 0 fully saturated rings. The van der Waals surface area contributed by atoms with E-state index >= 15 is 0 Å². The van der Waals surface area contributed by atoms with Crippen molar-refractivity contribution in [1.82, 2.24) is 15.1 Å². The number of carbonyl (C=O) groups is 2. The third-order valence-corrected chi connectivity index (χ3v) is 4.62. The summed E-state index contributed by atoms with van der Waals surface area (Å²) in [6.45, 7) is 0.314. The largest absolute Gasteiger partial charge is 0.469 e. The first-order valence-electron chi connectivity index (χ1n) is 8.06. The number of benzene rings is 1. The van der Waals surface area contributed by atoms with Crippen molar-refractivity contribution >= 4 is 22.8 Å². The quantitative estimate of drug-likeness (QED) is 0.844. The number of rotatable bonds is 3. The van der Waals surface area contributed by atoms with Gasteiger partial charge in [0.25, 0.3) is 0 Å². The second-order valence-corrected chi connectivity index (χ2v) is 6.48. The predicted octanol–water partition coefficient (Wildman–Crippen LogP) is 2.50. The summed E-state index contributed by atoms with van der Waals surface area (Å²) in [4.78, 5) is 25.1. The fraction of sp³-hybridized carbons (Fsp3) is 0.471. The summed E-state index contributed by atoms with van der Waals surface area (Å²) in [6.07, 6.45) is -3.06. The molecule has 6 nitrogen and oxygen atoms in total. The number of aromatic nitrogens is 2. The number of carbonyl (C=O) groups excluding carboxylic acids is 2. The third kappa shape index (κ3) is 3.51. The summed E-state index contributed by atoms with van der Waals surface area (Å²) in [6, 6.07) is 1.84. The van der Waals surface area contributed by atoms with E-state index in [-0.39, 0.29) is 19.4 Å². The van der Waals surface area contributed by atoms with E-state index in [1.165, 1.54) is 7.11 Å². The van der Waals surface area contributed by atoms with E-state index in [4.69, 9.17) is 0 Å². The Hall–Kier alpha value is -2.58. The normalized spacial score (nSPS) is 18.0. The zero-order valence-electron chi connectivity index (χ0n) is 14.3. The van der Waals surface area contributed by atoms with Gasteiger partial charge in [0.1, 0.15) is 6.54 Å². The monoisotopic (exact) mass is 369 g/mol. The molecule has 1 aromatic heterocycles. The number of hydrogen-bond acceptors (Lipinski definition) is 4. The van der Waals surface area contributed by atoms with Crippen LogP contribution in [0.2, 0.25) is 0 Å². The molecule has 1 aromatic carbocycles. The van der Waals surface area contributed by atoms with Gasteiger partial charge < -0.3 is 9.64 Å². The molecule has 2 aromatic rings. The lowest BCUT2D eigenvalue weighted by atomic mass is 9.91. The summed E-state index contributed by atoms with van der Waals surface area (Å²) in [7, 11) is 1.18. The number of aromatic amines is 1. The van der Waals surface area contributed by atoms with Crippen LogP contribution in [0.5, 0.6) is 0 Å². The van der Waals surface area contributed by atoms with Crippen LogP contribution < -0.4 is 0 Å². The van der Waals surface area contributed by atoms with Gasteiger partial charge in [0, 0.05) is 11.9 Å². The predicted molar refractivity (Wildman–Crippen MR) is 86.1 cm³/mol. The molecule has 1 N–H and O–H groups in total. The first kappa shape index (κ1) is 18.2. The van der Waals surface area contributed by atoms with Crippen LogP contribution in [-0.4, -0.2) is 46.8 Å². The Labute approximate surface area is 147 Å². The molecule has 3 rings (SSSR count). The maximum atomic E-state index is 13.0. The molecule has 9 heteroatoms. The van der Waals surface area contributed by atoms with Crippen LogP contribution in [0.4, 0.5) is 13.2 Å². The molecule has 1 aliphatic rings. The maximum Gasteiger partial charge on any atom is 0.406 e. The summed E-state index contributed by atoms with van der Waals surface area (Å²) in [5, 5.41) is 7.50. The number of H-pyrrole nitrogens is 1. The average molecular weight is 369 g/mol. The zero-order valence-corrected chi connectivity index (χ0v) is 14.3. The van der Waals surface area contributed by atoms with Crippen molar-refractivity contribution < 1.29 is 27.5 Å². The lowest BCUT2D eigenvalue weighted by Crippen LogP contribution is -2.41. The van der Waals surface area contributed by atoms with Crippen LogP contribution in [0.15, 0.2) is 12.3 Å². The maximum absolute atomic E-state index is 13.0. The number of methoxy groups -OCH3 is 1. The molecule has 0 aliphatic carbocycles. The molecule has 0 saturated heterocycles. The lowest BCUT2D eigenvalue weighted by molar-refractivity contribution is -0.165. The smallest absolute Gasteiger partial charge is 0.406 e. The highest BCUT2D eigenvalue weighted by molar-refractivity contribution is 5.89. The van der Waals surface area contributed by atoms with Gasteiger partial charge in [-0.15, -0.1) is 0 Å². The van der Waals surface area contributed by atoms with Crippen molar-refractivity contribution in [1.29, 1.82) is 0 Å². The minimum Gasteiger partial charge on any atom is -0.469 e. The highest BCUT2D eigenvalue weighted by atomic mass is 19.4. The number of amides is 1. The molecule has 26 heavy (non-hydrogen) atoms. The molecule has 140 valence electrons. The molecular weight excluding hydrogens is 351 g/mol. The molecule has 0 spiro atoms. The Morgan fingerprint density at radius 3 is 2.85 bits per heavy atom. The minimum atomic E-state index is -4.53. The van der Waals surface area contributed by atoms with Crippen LogP contribution in [0.1, 0.15) is 23.1 Å². The molecule has 0 unspecified atom stereocenters. The number of nitrogens with one attached hydrogen (secondary N) is 1. The summed E-state index contributed by atoms with van der Waals surface area (Å²) >= 11 is 0. The number of esters is 1. The lowest BCUT2D eigenvalue weighted by Gasteiger charge is -2.25. The van der Waals surface area contributed by atoms with Crippen LogP contribution in [0, 0.1) is 12.8 Å². The standard InChI is InChI=1S/C17H18F3N3O3/c1-9-3-10-4-11(5-14(24)26-2)16(25)23(8-17(18,19)20)7-13(10)12-6-21-22-15(9)12/h3,6,11H,4-5,7-8H2,1-2H3,(H,21,22)/t11-/m0/s1. The van der Waals surface area contributed by atoms with Gasteiger partial charge in [0.2, 0.25) is 5.91 Å². The SMILES string of the molecule is COC(=O)C[C@@H]1Cc2cc(C)c3[nH]ncc3c2CN(CC(F)(F)F)C1=O. The molecule has 1 atom stereocenters. The van der Waals surface area contributed by atoms with E-state index in [0.29, 0.717) is 10.9 Å². The van der Waals surface area contributed by atoms with Crippen molar-refractivity contribution in [2.24, 2.45) is 5.92 Å². The second kappa shape index (κ2) is 6.62. The highest BCUT2D eigenvalue weighted by Crippen LogP contribution is 2.33. The molecule has 1 aliphatic heterocycles. The van der Waals surface area contributed by atoms with Gasteiger partial charge in [-0.3, -0.25) is 14.7 Å². The summed E-state index contributed by atoms with van der Waals surface area (Å²) in [5.41, 5.74) is 2.99. The molecule has 1 amide bonds. The topological polar surface area (TPSA) is 75.3 Å². The van der Waals surface area contributed by atoms with E-state index in [1.54, 1.807) is 6.20 Å². The Kier molecular flexibility index (Phi) is 4.64. The van der Waals surface area contributed by atoms with Gasteiger partial charge in [0.15, 0.2) is 0 Å². The van der Waals surface area contributed by atoms with Crippen molar-refractivity contribution in [2.75, 3.05) is 13.7 Å². The number of aryl methyl sites for hydroxylation is 1. The Balaban J connectivity index is 2.08. The van der Waals surface area contributed by atoms with E-state index in [0.717, 1.165) is 21.5 Å². The van der Waals surface area contributed by atoms with Crippen LogP contribution >= 0.6 is 0 Å².